The highest BCUT2D eigenvalue weighted by Crippen LogP contribution is 2.34. The van der Waals surface area contributed by atoms with E-state index in [-0.39, 0.29) is 28.0 Å². The molecule has 0 aliphatic rings. The van der Waals surface area contributed by atoms with Gasteiger partial charge in [0.25, 0.3) is 5.91 Å². The first kappa shape index (κ1) is 22.8. The van der Waals surface area contributed by atoms with E-state index in [1.54, 1.807) is 17.5 Å². The van der Waals surface area contributed by atoms with Gasteiger partial charge < -0.3 is 11.1 Å². The number of aromatic nitrogens is 1. The van der Waals surface area contributed by atoms with Gasteiger partial charge in [-0.05, 0) is 46.8 Å². The Balaban J connectivity index is 1.76. The second-order valence-corrected chi connectivity index (χ2v) is 8.25. The lowest BCUT2D eigenvalue weighted by molar-refractivity contribution is 0.100. The van der Waals surface area contributed by atoms with Crippen LogP contribution < -0.4 is 20.9 Å². The average Bonchev–Trinajstić information content (AvgIpc) is 3.27. The lowest BCUT2D eigenvalue weighted by Crippen LogP contribution is -2.17. The lowest BCUT2D eigenvalue weighted by atomic mass is 10.00. The van der Waals surface area contributed by atoms with E-state index in [1.165, 1.54) is 29.7 Å². The van der Waals surface area contributed by atoms with Crippen molar-refractivity contribution in [3.05, 3.63) is 81.9 Å². The maximum absolute atomic E-state index is 15.1. The molecule has 0 saturated heterocycles. The zero-order valence-corrected chi connectivity index (χ0v) is 18.2. The van der Waals surface area contributed by atoms with Crippen molar-refractivity contribution in [2.45, 2.75) is 6.42 Å². The Morgan fingerprint density at radius 2 is 1.82 bits per heavy atom. The maximum atomic E-state index is 15.1. The molecule has 6 nitrogen and oxygen atoms in total. The van der Waals surface area contributed by atoms with Gasteiger partial charge in [-0.2, -0.15) is 0 Å². The predicted molar refractivity (Wildman–Crippen MR) is 122 cm³/mol. The van der Waals surface area contributed by atoms with Crippen LogP contribution in [0.25, 0.3) is 10.1 Å². The Morgan fingerprint density at radius 1 is 1.03 bits per heavy atom. The molecule has 0 spiro atoms. The summed E-state index contributed by atoms with van der Waals surface area (Å²) in [7, 11) is 0. The number of halogens is 4. The third kappa shape index (κ3) is 4.32. The van der Waals surface area contributed by atoms with Gasteiger partial charge in [0.1, 0.15) is 0 Å². The molecule has 2 heterocycles. The number of thiophene rings is 1. The molecule has 1 amide bonds. The summed E-state index contributed by atoms with van der Waals surface area (Å²) in [5, 5.41) is 9.67. The Kier molecular flexibility index (Phi) is 6.40. The van der Waals surface area contributed by atoms with Gasteiger partial charge in [0.15, 0.2) is 29.1 Å². The predicted octanol–water partition coefficient (Wildman–Crippen LogP) is 5.22. The number of carbonyl (C=O) groups excluding carboxylic acids is 1. The minimum atomic E-state index is -1.45. The zero-order chi connectivity index (χ0) is 23.7. The first-order valence-corrected chi connectivity index (χ1v) is 11.1. The molecule has 0 aliphatic carbocycles. The van der Waals surface area contributed by atoms with E-state index in [9.17, 15) is 18.0 Å². The van der Waals surface area contributed by atoms with Crippen LogP contribution in [0.3, 0.4) is 0 Å². The summed E-state index contributed by atoms with van der Waals surface area (Å²) in [6.45, 7) is 0. The molecule has 33 heavy (non-hydrogen) atoms. The van der Waals surface area contributed by atoms with E-state index < -0.39 is 46.8 Å². The van der Waals surface area contributed by atoms with Crippen LogP contribution in [-0.4, -0.2) is 10.9 Å². The van der Waals surface area contributed by atoms with Gasteiger partial charge in [0, 0.05) is 34.8 Å². The molecule has 4 rings (SSSR count). The number of primary amides is 1. The van der Waals surface area contributed by atoms with Crippen molar-refractivity contribution in [1.29, 1.82) is 0 Å². The largest absolute Gasteiger partial charge is 0.366 e. The van der Waals surface area contributed by atoms with E-state index in [1.807, 2.05) is 0 Å². The topological polar surface area (TPSA) is 106 Å². The molecule has 0 atom stereocenters. The van der Waals surface area contributed by atoms with Gasteiger partial charge in [-0.3, -0.25) is 14.7 Å². The number of fused-ring (bicyclic) bond motifs is 1. The molecular weight excluding hydrogens is 478 g/mol. The molecule has 0 saturated carbocycles. The highest BCUT2D eigenvalue weighted by molar-refractivity contribution is 7.98. The summed E-state index contributed by atoms with van der Waals surface area (Å²) in [6, 6.07) is 6.79. The van der Waals surface area contributed by atoms with Crippen LogP contribution in [0.1, 0.15) is 21.5 Å². The fourth-order valence-electron chi connectivity index (χ4n) is 3.32. The number of hydrogen-bond acceptors (Lipinski definition) is 7. The van der Waals surface area contributed by atoms with Gasteiger partial charge in [0.2, 0.25) is 0 Å². The number of carbonyl (C=O) groups is 1. The normalized spacial score (nSPS) is 11.1. The number of nitrogens with two attached hydrogens (primary N) is 2. The van der Waals surface area contributed by atoms with Crippen LogP contribution in [0.5, 0.6) is 0 Å². The van der Waals surface area contributed by atoms with Gasteiger partial charge in [-0.1, -0.05) is 0 Å². The Bertz CT molecular complexity index is 1380. The number of nitrogens with one attached hydrogen (secondary N) is 2. The number of amides is 1. The van der Waals surface area contributed by atoms with E-state index in [4.69, 9.17) is 10.9 Å². The molecule has 12 heteroatoms. The van der Waals surface area contributed by atoms with Crippen molar-refractivity contribution in [3.8, 4) is 0 Å². The third-order valence-electron chi connectivity index (χ3n) is 4.88. The summed E-state index contributed by atoms with van der Waals surface area (Å²) in [5.74, 6) is -5.55. The van der Waals surface area contributed by atoms with Crippen molar-refractivity contribution >= 4 is 56.7 Å². The summed E-state index contributed by atoms with van der Waals surface area (Å²) in [4.78, 5) is 15.8. The van der Waals surface area contributed by atoms with Gasteiger partial charge >= 0.3 is 0 Å². The number of rotatable bonds is 7. The van der Waals surface area contributed by atoms with Crippen molar-refractivity contribution in [2.24, 2.45) is 10.9 Å². The van der Waals surface area contributed by atoms with E-state index >= 15 is 4.39 Å². The summed E-state index contributed by atoms with van der Waals surface area (Å²) < 4.78 is 62.5. The summed E-state index contributed by atoms with van der Waals surface area (Å²) in [6.07, 6.45) is 0.857. The van der Waals surface area contributed by atoms with Crippen molar-refractivity contribution < 1.29 is 22.4 Å². The van der Waals surface area contributed by atoms with E-state index in [0.29, 0.717) is 16.8 Å². The van der Waals surface area contributed by atoms with Crippen molar-refractivity contribution in [2.75, 3.05) is 10.0 Å². The van der Waals surface area contributed by atoms with Gasteiger partial charge in [0.05, 0.1) is 16.9 Å². The highest BCUT2D eigenvalue weighted by atomic mass is 32.2. The molecule has 0 fully saturated rings. The molecule has 0 aliphatic heterocycles. The number of anilines is 3. The first-order valence-electron chi connectivity index (χ1n) is 9.30. The molecule has 4 aromatic rings. The molecular formula is C21H15F4N5OS2. The monoisotopic (exact) mass is 493 g/mol. The second kappa shape index (κ2) is 9.25. The van der Waals surface area contributed by atoms with Crippen LogP contribution in [-0.2, 0) is 6.42 Å². The average molecular weight is 494 g/mol. The van der Waals surface area contributed by atoms with Crippen molar-refractivity contribution in [1.82, 2.24) is 4.98 Å². The number of pyridine rings is 1. The van der Waals surface area contributed by atoms with E-state index in [0.717, 1.165) is 6.07 Å². The quantitative estimate of drug-likeness (QED) is 0.208. The summed E-state index contributed by atoms with van der Waals surface area (Å²) in [5.41, 5.74) is 3.84. The van der Waals surface area contributed by atoms with Crippen LogP contribution in [0.15, 0.2) is 41.9 Å². The fourth-order valence-corrected chi connectivity index (χ4v) is 4.35. The van der Waals surface area contributed by atoms with Crippen molar-refractivity contribution in [3.63, 3.8) is 0 Å². The van der Waals surface area contributed by atoms with Gasteiger partial charge in [-0.15, -0.1) is 11.3 Å². The Hall–Kier alpha value is -3.35. The standard InChI is InChI=1S/C21H15F4N5OS2/c22-15-10(7-9-3-5-28-21(16(9)23)30-33-27)8-12(20(26)31)19(18(15)25)29-13-1-2-14-11(17(13)24)4-6-32-14/h1-6,8,29H,7,27H2,(H2,26,31)(H,28,30). The SMILES string of the molecule is NSNc1nccc(Cc2cc(C(N)=O)c(Nc3ccc4sccc4c3F)c(F)c2F)c1F. The molecule has 170 valence electrons. The molecule has 2 aromatic heterocycles. The smallest absolute Gasteiger partial charge is 0.250 e. The van der Waals surface area contributed by atoms with Crippen LogP contribution >= 0.6 is 23.5 Å². The van der Waals surface area contributed by atoms with Crippen LogP contribution in [0.2, 0.25) is 0 Å². The molecule has 0 radical (unpaired) electrons. The highest BCUT2D eigenvalue weighted by Gasteiger charge is 2.24. The molecule has 0 unspecified atom stereocenters. The zero-order valence-electron chi connectivity index (χ0n) is 16.6. The minimum absolute atomic E-state index is 0.0232. The fraction of sp³-hybridized carbons (Fsp3) is 0.0476. The Labute approximate surface area is 193 Å². The number of hydrogen-bond donors (Lipinski definition) is 4. The van der Waals surface area contributed by atoms with Crippen LogP contribution in [0.4, 0.5) is 34.8 Å². The minimum Gasteiger partial charge on any atom is -0.366 e. The third-order valence-corrected chi connectivity index (χ3v) is 6.08. The molecule has 0 bridgehead atoms. The molecule has 6 N–H and O–H groups in total. The second-order valence-electron chi connectivity index (χ2n) is 6.86. The van der Waals surface area contributed by atoms with E-state index in [2.05, 4.69) is 15.0 Å². The summed E-state index contributed by atoms with van der Waals surface area (Å²) >= 11 is 1.93. The number of nitrogens with zero attached hydrogens (tertiary/aromatic N) is 1. The lowest BCUT2D eigenvalue weighted by Gasteiger charge is -2.16. The number of benzene rings is 2. The van der Waals surface area contributed by atoms with Gasteiger partial charge in [-0.25, -0.2) is 22.5 Å². The Morgan fingerprint density at radius 3 is 2.55 bits per heavy atom. The maximum Gasteiger partial charge on any atom is 0.250 e. The first-order chi connectivity index (χ1) is 15.8. The molecule has 2 aromatic carbocycles. The van der Waals surface area contributed by atoms with Crippen LogP contribution in [0, 0.1) is 23.3 Å².